The third kappa shape index (κ3) is 2.44. The van der Waals surface area contributed by atoms with Gasteiger partial charge in [-0.25, -0.2) is 4.79 Å². The number of carbonyl (C=O) groups is 1. The van der Waals surface area contributed by atoms with Crippen LogP contribution in [-0.2, 0) is 0 Å². The van der Waals surface area contributed by atoms with Crippen molar-refractivity contribution in [1.29, 1.82) is 0 Å². The Bertz CT molecular complexity index is 351. The summed E-state index contributed by atoms with van der Waals surface area (Å²) in [5.74, 6) is 2.70. The van der Waals surface area contributed by atoms with Crippen molar-refractivity contribution in [2.45, 2.75) is 82.2 Å². The normalized spacial score (nSPS) is 43.5. The summed E-state index contributed by atoms with van der Waals surface area (Å²) in [5, 5.41) is 6.67. The van der Waals surface area contributed by atoms with Gasteiger partial charge in [-0.15, -0.1) is 0 Å². The maximum absolute atomic E-state index is 12.4. The van der Waals surface area contributed by atoms with Crippen molar-refractivity contribution in [2.24, 2.45) is 17.8 Å². The number of hydrogen-bond donors (Lipinski definition) is 2. The fourth-order valence-electron chi connectivity index (χ4n) is 5.97. The minimum absolute atomic E-state index is 0.124. The third-order valence-electron chi connectivity index (χ3n) is 6.36. The van der Waals surface area contributed by atoms with E-state index in [4.69, 9.17) is 0 Å². The Balaban J connectivity index is 1.37. The van der Waals surface area contributed by atoms with Crippen LogP contribution in [0.5, 0.6) is 0 Å². The van der Waals surface area contributed by atoms with E-state index in [1.54, 1.807) is 0 Å². The Morgan fingerprint density at radius 3 is 1.95 bits per heavy atom. The zero-order chi connectivity index (χ0) is 13.6. The first-order chi connectivity index (χ1) is 9.71. The van der Waals surface area contributed by atoms with E-state index < -0.39 is 0 Å². The molecule has 5 fully saturated rings. The van der Waals surface area contributed by atoms with E-state index in [-0.39, 0.29) is 11.6 Å². The summed E-state index contributed by atoms with van der Waals surface area (Å²) in [6.07, 6.45) is 14.3. The van der Waals surface area contributed by atoms with Crippen molar-refractivity contribution in [3.05, 3.63) is 0 Å². The molecule has 0 saturated heterocycles. The van der Waals surface area contributed by atoms with Crippen molar-refractivity contribution >= 4 is 6.03 Å². The van der Waals surface area contributed by atoms with Gasteiger partial charge in [-0.3, -0.25) is 0 Å². The summed E-state index contributed by atoms with van der Waals surface area (Å²) in [5.41, 5.74) is 0.160. The molecule has 0 atom stereocenters. The highest BCUT2D eigenvalue weighted by Crippen LogP contribution is 2.55. The highest BCUT2D eigenvalue weighted by Gasteiger charge is 2.51. The smallest absolute Gasteiger partial charge is 0.315 e. The predicted octanol–water partition coefficient (Wildman–Crippen LogP) is 3.59. The number of hydrogen-bond acceptors (Lipinski definition) is 1. The van der Waals surface area contributed by atoms with Gasteiger partial charge in [0.25, 0.3) is 0 Å². The molecule has 4 bridgehead atoms. The lowest BCUT2D eigenvalue weighted by Gasteiger charge is -2.56. The first-order valence-electron chi connectivity index (χ1n) is 8.79. The van der Waals surface area contributed by atoms with Gasteiger partial charge in [-0.05, 0) is 69.1 Å². The van der Waals surface area contributed by atoms with E-state index in [9.17, 15) is 4.79 Å². The summed E-state index contributed by atoms with van der Waals surface area (Å²) < 4.78 is 0. The number of amides is 2. The second-order valence-corrected chi connectivity index (χ2v) is 8.13. The average molecular weight is 276 g/mol. The van der Waals surface area contributed by atoms with Crippen molar-refractivity contribution in [1.82, 2.24) is 10.6 Å². The summed E-state index contributed by atoms with van der Waals surface area (Å²) in [6, 6.07) is 0.552. The lowest BCUT2D eigenvalue weighted by molar-refractivity contribution is -0.0137. The second-order valence-electron chi connectivity index (χ2n) is 8.13. The van der Waals surface area contributed by atoms with Gasteiger partial charge < -0.3 is 10.6 Å². The third-order valence-corrected chi connectivity index (χ3v) is 6.36. The minimum Gasteiger partial charge on any atom is -0.335 e. The zero-order valence-corrected chi connectivity index (χ0v) is 12.5. The standard InChI is InChI=1S/C17H28N2O/c20-16(18-15-4-2-1-3-5-15)19-17-9-12-6-13(10-17)8-14(7-12)11-17/h12-15H,1-11H2,(H2,18,19,20). The SMILES string of the molecule is O=C(NC1CCCCC1)NC12CC3CC(CC(C3)C1)C2. The first-order valence-corrected chi connectivity index (χ1v) is 8.79. The molecule has 0 unspecified atom stereocenters. The maximum atomic E-state index is 12.4. The van der Waals surface area contributed by atoms with Gasteiger partial charge in [0.2, 0.25) is 0 Å². The van der Waals surface area contributed by atoms with Gasteiger partial charge in [-0.1, -0.05) is 19.3 Å². The van der Waals surface area contributed by atoms with Crippen LogP contribution in [0.25, 0.3) is 0 Å². The van der Waals surface area contributed by atoms with Gasteiger partial charge in [-0.2, -0.15) is 0 Å². The minimum atomic E-state index is 0.124. The van der Waals surface area contributed by atoms with Crippen LogP contribution in [0.15, 0.2) is 0 Å². The molecule has 5 aliphatic rings. The molecule has 5 aliphatic carbocycles. The monoisotopic (exact) mass is 276 g/mol. The molecule has 0 heterocycles. The zero-order valence-electron chi connectivity index (χ0n) is 12.5. The molecule has 0 aromatic rings. The lowest BCUT2D eigenvalue weighted by Crippen LogP contribution is -2.62. The Morgan fingerprint density at radius 1 is 0.850 bits per heavy atom. The van der Waals surface area contributed by atoms with Crippen molar-refractivity contribution in [3.63, 3.8) is 0 Å². The molecule has 3 heteroatoms. The fraction of sp³-hybridized carbons (Fsp3) is 0.941. The van der Waals surface area contributed by atoms with E-state index in [1.807, 2.05) is 0 Å². The molecular formula is C17H28N2O. The summed E-state index contributed by atoms with van der Waals surface area (Å²) in [7, 11) is 0. The van der Waals surface area contributed by atoms with Crippen LogP contribution in [0, 0.1) is 17.8 Å². The van der Waals surface area contributed by atoms with Gasteiger partial charge in [0.1, 0.15) is 0 Å². The molecule has 3 nitrogen and oxygen atoms in total. The van der Waals surface area contributed by atoms with Crippen molar-refractivity contribution < 1.29 is 4.79 Å². The first kappa shape index (κ1) is 13.0. The van der Waals surface area contributed by atoms with Crippen LogP contribution in [0.2, 0.25) is 0 Å². The molecule has 0 aromatic heterocycles. The van der Waals surface area contributed by atoms with Crippen molar-refractivity contribution in [3.8, 4) is 0 Å². The Morgan fingerprint density at radius 2 is 1.40 bits per heavy atom. The van der Waals surface area contributed by atoms with Crippen LogP contribution in [0.3, 0.4) is 0 Å². The molecule has 112 valence electrons. The fourth-order valence-corrected chi connectivity index (χ4v) is 5.97. The molecular weight excluding hydrogens is 248 g/mol. The highest BCUT2D eigenvalue weighted by molar-refractivity contribution is 5.75. The van der Waals surface area contributed by atoms with Crippen LogP contribution >= 0.6 is 0 Å². The van der Waals surface area contributed by atoms with Gasteiger partial charge in [0, 0.05) is 11.6 Å². The quantitative estimate of drug-likeness (QED) is 0.795. The average Bonchev–Trinajstić information content (AvgIpc) is 2.37. The molecule has 0 aromatic carbocycles. The summed E-state index contributed by atoms with van der Waals surface area (Å²) >= 11 is 0. The van der Waals surface area contributed by atoms with E-state index in [2.05, 4.69) is 10.6 Å². The molecule has 0 spiro atoms. The van der Waals surface area contributed by atoms with Crippen molar-refractivity contribution in [2.75, 3.05) is 0 Å². The Kier molecular flexibility index (Phi) is 3.19. The van der Waals surface area contributed by atoms with Crippen LogP contribution in [0.4, 0.5) is 4.79 Å². The van der Waals surface area contributed by atoms with Gasteiger partial charge in [0.05, 0.1) is 0 Å². The van der Waals surface area contributed by atoms with E-state index in [0.29, 0.717) is 6.04 Å². The number of nitrogens with one attached hydrogen (secondary N) is 2. The predicted molar refractivity (Wildman–Crippen MR) is 79.4 cm³/mol. The lowest BCUT2D eigenvalue weighted by atomic mass is 9.53. The molecule has 20 heavy (non-hydrogen) atoms. The molecule has 0 aliphatic heterocycles. The van der Waals surface area contributed by atoms with E-state index >= 15 is 0 Å². The van der Waals surface area contributed by atoms with Crippen LogP contribution in [-0.4, -0.2) is 17.6 Å². The number of carbonyl (C=O) groups excluding carboxylic acids is 1. The maximum Gasteiger partial charge on any atom is 0.315 e. The van der Waals surface area contributed by atoms with Crippen LogP contribution < -0.4 is 10.6 Å². The molecule has 5 saturated carbocycles. The molecule has 0 radical (unpaired) electrons. The number of urea groups is 1. The topological polar surface area (TPSA) is 41.1 Å². The second kappa shape index (κ2) is 4.92. The Labute approximate surface area is 122 Å². The highest BCUT2D eigenvalue weighted by atomic mass is 16.2. The largest absolute Gasteiger partial charge is 0.335 e. The summed E-state index contributed by atoms with van der Waals surface area (Å²) in [4.78, 5) is 12.4. The van der Waals surface area contributed by atoms with E-state index in [0.717, 1.165) is 17.8 Å². The molecule has 5 rings (SSSR count). The van der Waals surface area contributed by atoms with Gasteiger partial charge in [0.15, 0.2) is 0 Å². The Hall–Kier alpha value is -0.730. The van der Waals surface area contributed by atoms with E-state index in [1.165, 1.54) is 70.6 Å². The number of rotatable bonds is 2. The molecule has 2 amide bonds. The van der Waals surface area contributed by atoms with Crippen LogP contribution in [0.1, 0.15) is 70.6 Å². The summed E-state index contributed by atoms with van der Waals surface area (Å²) in [6.45, 7) is 0. The molecule has 2 N–H and O–H groups in total. The van der Waals surface area contributed by atoms with Gasteiger partial charge >= 0.3 is 6.03 Å².